The third-order valence-electron chi connectivity index (χ3n) is 7.87. The quantitative estimate of drug-likeness (QED) is 0.450. The molecule has 2 aliphatic rings. The molecule has 2 fully saturated rings. The Balaban J connectivity index is 1.42. The molecule has 0 radical (unpaired) electrons. The minimum atomic E-state index is -0.892. The Kier molecular flexibility index (Phi) is 8.20. The van der Waals surface area contributed by atoms with E-state index in [-0.39, 0.29) is 29.9 Å². The number of fused-ring (bicyclic) bond motifs is 1. The summed E-state index contributed by atoms with van der Waals surface area (Å²) in [4.78, 5) is 42.1. The number of aliphatic carboxylic acids is 1. The van der Waals surface area contributed by atoms with E-state index in [1.165, 1.54) is 12.0 Å². The Morgan fingerprint density at radius 2 is 1.80 bits per heavy atom. The van der Waals surface area contributed by atoms with Crippen molar-refractivity contribution in [2.45, 2.75) is 45.1 Å². The van der Waals surface area contributed by atoms with Gasteiger partial charge in [0, 0.05) is 30.8 Å². The van der Waals surface area contributed by atoms with E-state index in [4.69, 9.17) is 9.47 Å². The smallest absolute Gasteiger partial charge is 0.409 e. The Hall–Kier alpha value is -4.06. The van der Waals surface area contributed by atoms with E-state index in [2.05, 4.69) is 10.3 Å². The standard InChI is InChI=1S/C29H32F2N4O6/c1-16-7-8-35-23(14-20-15-34(9-10-41-20)29(39)40-2)26(33-24(35)11-16)25-21(30)12-19(13-22(25)31)32-27(36)17-3-5-18(6-4-17)28(37)38/h7-8,11-13,17-18,20H,3-6,9-10,14-15H2,1-2H3,(H,32,36)(H,37,38)/t17?,18?,20-/m0/s1. The summed E-state index contributed by atoms with van der Waals surface area (Å²) in [6.45, 7) is 2.80. The van der Waals surface area contributed by atoms with Crippen LogP contribution in [0.4, 0.5) is 19.3 Å². The maximum absolute atomic E-state index is 15.6. The zero-order valence-corrected chi connectivity index (χ0v) is 22.9. The number of imidazole rings is 1. The summed E-state index contributed by atoms with van der Waals surface area (Å²) in [5.41, 5.74) is 1.68. The molecule has 0 unspecified atom stereocenters. The second-order valence-electron chi connectivity index (χ2n) is 10.6. The highest BCUT2D eigenvalue weighted by Gasteiger charge is 2.31. The number of morpholine rings is 1. The van der Waals surface area contributed by atoms with Gasteiger partial charge in [0.15, 0.2) is 0 Å². The van der Waals surface area contributed by atoms with Crippen molar-refractivity contribution in [1.82, 2.24) is 14.3 Å². The van der Waals surface area contributed by atoms with Gasteiger partial charge in [-0.05, 0) is 62.4 Å². The first-order valence-electron chi connectivity index (χ1n) is 13.6. The van der Waals surface area contributed by atoms with Gasteiger partial charge in [-0.25, -0.2) is 18.6 Å². The van der Waals surface area contributed by atoms with E-state index < -0.39 is 47.5 Å². The topological polar surface area (TPSA) is 122 Å². The van der Waals surface area contributed by atoms with Gasteiger partial charge < -0.3 is 29.2 Å². The molecule has 1 saturated carbocycles. The van der Waals surface area contributed by atoms with Crippen molar-refractivity contribution in [3.8, 4) is 11.3 Å². The normalized spacial score (nSPS) is 21.1. The number of nitrogens with zero attached hydrogens (tertiary/aromatic N) is 3. The molecule has 12 heteroatoms. The number of rotatable bonds is 6. The number of halogens is 2. The molecule has 1 aromatic carbocycles. The van der Waals surface area contributed by atoms with Gasteiger partial charge in [-0.3, -0.25) is 9.59 Å². The molecule has 1 atom stereocenters. The molecule has 3 aromatic rings. The van der Waals surface area contributed by atoms with Crippen LogP contribution in [-0.2, 0) is 25.5 Å². The highest BCUT2D eigenvalue weighted by molar-refractivity contribution is 5.93. The Morgan fingerprint density at radius 1 is 1.12 bits per heavy atom. The molecule has 1 aliphatic carbocycles. The van der Waals surface area contributed by atoms with E-state index in [1.54, 1.807) is 16.7 Å². The molecule has 0 bridgehead atoms. The second kappa shape index (κ2) is 11.8. The molecule has 1 saturated heterocycles. The largest absolute Gasteiger partial charge is 0.481 e. The van der Waals surface area contributed by atoms with Gasteiger partial charge in [0.2, 0.25) is 5.91 Å². The van der Waals surface area contributed by atoms with Crippen LogP contribution in [0.25, 0.3) is 16.9 Å². The molecule has 5 rings (SSSR count). The van der Waals surface area contributed by atoms with Crippen LogP contribution in [0.15, 0.2) is 30.5 Å². The minimum Gasteiger partial charge on any atom is -0.481 e. The van der Waals surface area contributed by atoms with Crippen molar-refractivity contribution >= 4 is 29.3 Å². The molecule has 1 aliphatic heterocycles. The zero-order chi connectivity index (χ0) is 29.3. The summed E-state index contributed by atoms with van der Waals surface area (Å²) in [7, 11) is 1.30. The van der Waals surface area contributed by atoms with Gasteiger partial charge in [0.25, 0.3) is 0 Å². The average molecular weight is 571 g/mol. The van der Waals surface area contributed by atoms with E-state index in [0.29, 0.717) is 50.2 Å². The highest BCUT2D eigenvalue weighted by Crippen LogP contribution is 2.34. The van der Waals surface area contributed by atoms with Gasteiger partial charge in [-0.2, -0.15) is 0 Å². The van der Waals surface area contributed by atoms with Gasteiger partial charge in [-0.15, -0.1) is 0 Å². The summed E-state index contributed by atoms with van der Waals surface area (Å²) >= 11 is 0. The van der Waals surface area contributed by atoms with Gasteiger partial charge >= 0.3 is 12.1 Å². The van der Waals surface area contributed by atoms with Crippen LogP contribution in [0.3, 0.4) is 0 Å². The predicted octanol–water partition coefficient (Wildman–Crippen LogP) is 4.43. The lowest BCUT2D eigenvalue weighted by Gasteiger charge is -2.32. The van der Waals surface area contributed by atoms with Crippen LogP contribution in [0.1, 0.15) is 36.9 Å². The number of carboxylic acids is 1. The maximum Gasteiger partial charge on any atom is 0.409 e. The number of hydrogen-bond acceptors (Lipinski definition) is 6. The molecule has 41 heavy (non-hydrogen) atoms. The molecule has 2 amide bonds. The number of ether oxygens (including phenoxy) is 2. The fourth-order valence-corrected chi connectivity index (χ4v) is 5.66. The van der Waals surface area contributed by atoms with Crippen LogP contribution in [0.2, 0.25) is 0 Å². The van der Waals surface area contributed by atoms with Crippen LogP contribution in [0, 0.1) is 30.4 Å². The highest BCUT2D eigenvalue weighted by atomic mass is 19.1. The van der Waals surface area contributed by atoms with Crippen molar-refractivity contribution in [3.63, 3.8) is 0 Å². The number of anilines is 1. The van der Waals surface area contributed by atoms with Crippen molar-refractivity contribution in [3.05, 3.63) is 53.4 Å². The number of aromatic nitrogens is 2. The summed E-state index contributed by atoms with van der Waals surface area (Å²) < 4.78 is 43.7. The van der Waals surface area contributed by atoms with Crippen LogP contribution < -0.4 is 5.32 Å². The van der Waals surface area contributed by atoms with Crippen molar-refractivity contribution < 1.29 is 37.7 Å². The molecular formula is C29H32F2N4O6. The van der Waals surface area contributed by atoms with Gasteiger partial charge in [-0.1, -0.05) is 0 Å². The van der Waals surface area contributed by atoms with E-state index in [1.807, 2.05) is 13.0 Å². The average Bonchev–Trinajstić information content (AvgIpc) is 3.28. The summed E-state index contributed by atoms with van der Waals surface area (Å²) in [6, 6.07) is 5.79. The molecule has 0 spiro atoms. The number of pyridine rings is 1. The first-order chi connectivity index (χ1) is 19.6. The Bertz CT molecular complexity index is 1460. The Morgan fingerprint density at radius 3 is 2.46 bits per heavy atom. The summed E-state index contributed by atoms with van der Waals surface area (Å²) in [5.74, 6) is -3.95. The lowest BCUT2D eigenvalue weighted by atomic mass is 9.81. The third-order valence-corrected chi connectivity index (χ3v) is 7.87. The van der Waals surface area contributed by atoms with E-state index in [0.717, 1.165) is 17.7 Å². The zero-order valence-electron chi connectivity index (χ0n) is 22.9. The molecule has 10 nitrogen and oxygen atoms in total. The van der Waals surface area contributed by atoms with E-state index in [9.17, 15) is 19.5 Å². The van der Waals surface area contributed by atoms with Gasteiger partial charge in [0.1, 0.15) is 17.3 Å². The number of nitrogens with one attached hydrogen (secondary N) is 1. The lowest BCUT2D eigenvalue weighted by Crippen LogP contribution is -2.46. The number of benzene rings is 1. The molecule has 218 valence electrons. The predicted molar refractivity (Wildman–Crippen MR) is 144 cm³/mol. The first kappa shape index (κ1) is 28.5. The monoisotopic (exact) mass is 570 g/mol. The molecule has 2 N–H and O–H groups in total. The SMILES string of the molecule is COC(=O)N1CCO[C@@H](Cc2c(-c3c(F)cc(NC(=O)C4CCC(C(=O)O)CC4)cc3F)nc3cc(C)ccn23)C1. The maximum atomic E-state index is 15.6. The number of hydrogen-bond donors (Lipinski definition) is 2. The molecule has 3 heterocycles. The number of carbonyl (C=O) groups is 3. The summed E-state index contributed by atoms with van der Waals surface area (Å²) in [5, 5.41) is 11.8. The van der Waals surface area contributed by atoms with Crippen molar-refractivity contribution in [2.75, 3.05) is 32.1 Å². The summed E-state index contributed by atoms with van der Waals surface area (Å²) in [6.07, 6.45) is 2.63. The first-order valence-corrected chi connectivity index (χ1v) is 13.6. The number of amides is 2. The van der Waals surface area contributed by atoms with Crippen LogP contribution in [-0.4, -0.2) is 70.3 Å². The van der Waals surface area contributed by atoms with Crippen molar-refractivity contribution in [2.24, 2.45) is 11.8 Å². The molecular weight excluding hydrogens is 538 g/mol. The number of aryl methyl sites for hydroxylation is 1. The van der Waals surface area contributed by atoms with Gasteiger partial charge in [0.05, 0.1) is 49.2 Å². The van der Waals surface area contributed by atoms with E-state index >= 15 is 8.78 Å². The minimum absolute atomic E-state index is 0.0281. The Labute approximate surface area is 235 Å². The van der Waals surface area contributed by atoms with Crippen LogP contribution >= 0.6 is 0 Å². The van der Waals surface area contributed by atoms with Crippen LogP contribution in [0.5, 0.6) is 0 Å². The fourth-order valence-electron chi connectivity index (χ4n) is 5.66. The van der Waals surface area contributed by atoms with Crippen molar-refractivity contribution in [1.29, 1.82) is 0 Å². The third kappa shape index (κ3) is 6.02. The number of methoxy groups -OCH3 is 1. The second-order valence-corrected chi connectivity index (χ2v) is 10.6. The fraction of sp³-hybridized carbons (Fsp3) is 0.448. The molecule has 2 aromatic heterocycles. The lowest BCUT2D eigenvalue weighted by molar-refractivity contribution is -0.143. The number of carbonyl (C=O) groups excluding carboxylic acids is 2. The number of carboxylic acid groups (broad SMARTS) is 1.